The molecule has 0 spiro atoms. The Kier molecular flexibility index (Phi) is 8.59. The van der Waals surface area contributed by atoms with Crippen LogP contribution in [0.1, 0.15) is 27.2 Å². The van der Waals surface area contributed by atoms with Crippen molar-refractivity contribution >= 4 is 11.8 Å². The molecular weight excluding hydrogens is 434 g/mol. The Morgan fingerprint density at radius 2 is 1.71 bits per heavy atom. The molecule has 0 saturated heterocycles. The molecule has 2 aromatic carbocycles. The molecule has 0 saturated carbocycles. The Morgan fingerprint density at radius 3 is 2.38 bits per heavy atom. The van der Waals surface area contributed by atoms with Gasteiger partial charge in [0, 0.05) is 12.6 Å². The zero-order valence-corrected chi connectivity index (χ0v) is 19.2. The predicted molar refractivity (Wildman–Crippen MR) is 129 cm³/mol. The largest absolute Gasteiger partial charge is 0.497 e. The fraction of sp³-hybridized carbons (Fsp3) is 0.269. The molecule has 1 aromatic heterocycles. The minimum atomic E-state index is -1.49. The number of aliphatic hydroxyl groups is 1. The highest BCUT2D eigenvalue weighted by Crippen LogP contribution is 2.12. The first-order chi connectivity index (χ1) is 16.4. The summed E-state index contributed by atoms with van der Waals surface area (Å²) in [6.45, 7) is 2.01. The highest BCUT2D eigenvalue weighted by atomic mass is 16.5. The molecule has 0 fully saturated rings. The number of ether oxygens (including phenoxy) is 1. The summed E-state index contributed by atoms with van der Waals surface area (Å²) in [7, 11) is 1.60. The highest BCUT2D eigenvalue weighted by molar-refractivity contribution is 5.94. The van der Waals surface area contributed by atoms with Crippen molar-refractivity contribution in [3.8, 4) is 5.75 Å². The molecule has 0 bridgehead atoms. The third kappa shape index (κ3) is 6.79. The van der Waals surface area contributed by atoms with E-state index in [1.54, 1.807) is 20.1 Å². The molecule has 0 aliphatic rings. The topological polar surface area (TPSA) is 121 Å². The number of aromatic amines is 1. The van der Waals surface area contributed by atoms with Gasteiger partial charge in [0.15, 0.2) is 6.10 Å². The van der Waals surface area contributed by atoms with E-state index in [0.29, 0.717) is 18.5 Å². The Balaban J connectivity index is 1.68. The molecule has 2 amide bonds. The van der Waals surface area contributed by atoms with Crippen LogP contribution in [0, 0.1) is 6.92 Å². The molecule has 1 heterocycles. The number of rotatable bonds is 10. The van der Waals surface area contributed by atoms with Gasteiger partial charge < -0.3 is 25.5 Å². The van der Waals surface area contributed by atoms with Crippen molar-refractivity contribution in [1.82, 2.24) is 15.6 Å². The zero-order chi connectivity index (χ0) is 24.5. The number of aryl methyl sites for hydroxylation is 1. The van der Waals surface area contributed by atoms with Gasteiger partial charge in [-0.05, 0) is 48.6 Å². The van der Waals surface area contributed by atoms with Crippen molar-refractivity contribution in [1.29, 1.82) is 0 Å². The molecule has 3 aromatic rings. The van der Waals surface area contributed by atoms with E-state index in [1.165, 1.54) is 6.07 Å². The Labute approximate surface area is 198 Å². The lowest BCUT2D eigenvalue weighted by Crippen LogP contribution is -2.52. The number of hydrogen-bond donors (Lipinski definition) is 4. The van der Waals surface area contributed by atoms with E-state index in [4.69, 9.17) is 4.74 Å². The van der Waals surface area contributed by atoms with Crippen LogP contribution in [-0.2, 0) is 17.6 Å². The molecule has 0 aliphatic carbocycles. The van der Waals surface area contributed by atoms with E-state index < -0.39 is 29.5 Å². The van der Waals surface area contributed by atoms with Gasteiger partial charge in [-0.3, -0.25) is 14.4 Å². The van der Waals surface area contributed by atoms with Crippen LogP contribution < -0.4 is 20.9 Å². The van der Waals surface area contributed by atoms with Gasteiger partial charge in [-0.1, -0.05) is 48.5 Å². The third-order valence-electron chi connectivity index (χ3n) is 5.49. The second-order valence-corrected chi connectivity index (χ2v) is 7.98. The summed E-state index contributed by atoms with van der Waals surface area (Å²) in [4.78, 5) is 39.8. The monoisotopic (exact) mass is 463 g/mol. The highest BCUT2D eigenvalue weighted by Gasteiger charge is 2.28. The van der Waals surface area contributed by atoms with Crippen molar-refractivity contribution in [2.75, 3.05) is 13.7 Å². The number of pyridine rings is 1. The van der Waals surface area contributed by atoms with Crippen molar-refractivity contribution < 1.29 is 19.4 Å². The van der Waals surface area contributed by atoms with Crippen LogP contribution in [0.3, 0.4) is 0 Å². The Bertz CT molecular complexity index is 1160. The van der Waals surface area contributed by atoms with Gasteiger partial charge in [0.25, 0.3) is 11.8 Å². The van der Waals surface area contributed by atoms with Gasteiger partial charge in [0.1, 0.15) is 11.4 Å². The van der Waals surface area contributed by atoms with Gasteiger partial charge in [-0.15, -0.1) is 0 Å². The standard InChI is InChI=1S/C26H29N3O5/c1-17-8-13-22(30)29-23(17)25(32)28-21(16-19-6-4-3-5-7-19)24(31)26(33)27-15-14-18-9-11-20(34-2)12-10-18/h3-13,21,24,31H,14-16H2,1-2H3,(H,27,33)(H,28,32)(H,29,30)/t21-,24?/m0/s1. The molecular formula is C26H29N3O5. The van der Waals surface area contributed by atoms with Crippen LogP contribution >= 0.6 is 0 Å². The maximum atomic E-state index is 12.9. The van der Waals surface area contributed by atoms with E-state index in [-0.39, 0.29) is 12.1 Å². The van der Waals surface area contributed by atoms with Crippen LogP contribution in [0.15, 0.2) is 71.5 Å². The van der Waals surface area contributed by atoms with E-state index in [9.17, 15) is 19.5 Å². The summed E-state index contributed by atoms with van der Waals surface area (Å²) in [6.07, 6.45) is -0.686. The van der Waals surface area contributed by atoms with Gasteiger partial charge in [0.05, 0.1) is 13.2 Å². The number of aliphatic hydroxyl groups excluding tert-OH is 1. The molecule has 178 valence electrons. The van der Waals surface area contributed by atoms with Gasteiger partial charge in [-0.2, -0.15) is 0 Å². The molecule has 34 heavy (non-hydrogen) atoms. The normalized spacial score (nSPS) is 12.4. The summed E-state index contributed by atoms with van der Waals surface area (Å²) < 4.78 is 5.14. The average Bonchev–Trinajstić information content (AvgIpc) is 2.85. The Morgan fingerprint density at radius 1 is 1.00 bits per heavy atom. The fourth-order valence-electron chi connectivity index (χ4n) is 3.54. The van der Waals surface area contributed by atoms with E-state index in [1.807, 2.05) is 54.6 Å². The SMILES string of the molecule is COc1ccc(CCNC(=O)C(O)[C@H](Cc2ccccc2)NC(=O)c2[nH]c(=O)ccc2C)cc1. The number of aromatic nitrogens is 1. The fourth-order valence-corrected chi connectivity index (χ4v) is 3.54. The molecule has 8 nitrogen and oxygen atoms in total. The smallest absolute Gasteiger partial charge is 0.268 e. The molecule has 2 atom stereocenters. The van der Waals surface area contributed by atoms with Gasteiger partial charge in [-0.25, -0.2) is 0 Å². The summed E-state index contributed by atoms with van der Waals surface area (Å²) in [6, 6.07) is 18.7. The van der Waals surface area contributed by atoms with Gasteiger partial charge in [0.2, 0.25) is 5.56 Å². The summed E-state index contributed by atoms with van der Waals surface area (Å²) in [5.41, 5.74) is 2.11. The number of nitrogens with one attached hydrogen (secondary N) is 3. The average molecular weight is 464 g/mol. The third-order valence-corrected chi connectivity index (χ3v) is 5.49. The summed E-state index contributed by atoms with van der Waals surface area (Å²) >= 11 is 0. The quantitative estimate of drug-likeness (QED) is 0.365. The van der Waals surface area contributed by atoms with Crippen molar-refractivity contribution in [2.45, 2.75) is 31.9 Å². The molecule has 4 N–H and O–H groups in total. The number of hydrogen-bond acceptors (Lipinski definition) is 5. The molecule has 1 unspecified atom stereocenters. The number of carbonyl (C=O) groups excluding carboxylic acids is 2. The van der Waals surface area contributed by atoms with Crippen LogP contribution in [0.25, 0.3) is 0 Å². The first-order valence-corrected chi connectivity index (χ1v) is 11.0. The van der Waals surface area contributed by atoms with E-state index in [2.05, 4.69) is 15.6 Å². The molecule has 3 rings (SSSR count). The minimum absolute atomic E-state index is 0.0951. The molecule has 0 radical (unpaired) electrons. The predicted octanol–water partition coefficient (Wildman–Crippen LogP) is 1.75. The van der Waals surface area contributed by atoms with E-state index in [0.717, 1.165) is 16.9 Å². The number of amides is 2. The number of H-pyrrole nitrogens is 1. The first-order valence-electron chi connectivity index (χ1n) is 11.0. The van der Waals surface area contributed by atoms with Crippen LogP contribution in [0.2, 0.25) is 0 Å². The van der Waals surface area contributed by atoms with Crippen LogP contribution in [0.4, 0.5) is 0 Å². The lowest BCUT2D eigenvalue weighted by Gasteiger charge is -2.24. The minimum Gasteiger partial charge on any atom is -0.497 e. The number of carbonyl (C=O) groups is 2. The van der Waals surface area contributed by atoms with Gasteiger partial charge >= 0.3 is 0 Å². The molecule has 8 heteroatoms. The zero-order valence-electron chi connectivity index (χ0n) is 19.2. The summed E-state index contributed by atoms with van der Waals surface area (Å²) in [5, 5.41) is 16.3. The maximum absolute atomic E-state index is 12.9. The van der Waals surface area contributed by atoms with Crippen molar-refractivity contribution in [3.05, 3.63) is 99.5 Å². The summed E-state index contributed by atoms with van der Waals surface area (Å²) in [5.74, 6) is -0.410. The number of methoxy groups -OCH3 is 1. The molecule has 0 aliphatic heterocycles. The lowest BCUT2D eigenvalue weighted by atomic mass is 10.00. The van der Waals surface area contributed by atoms with Crippen molar-refractivity contribution in [2.24, 2.45) is 0 Å². The van der Waals surface area contributed by atoms with E-state index >= 15 is 0 Å². The second kappa shape index (κ2) is 11.8. The van der Waals surface area contributed by atoms with Crippen LogP contribution in [-0.4, -0.2) is 47.7 Å². The van der Waals surface area contributed by atoms with Crippen molar-refractivity contribution in [3.63, 3.8) is 0 Å². The first kappa shape index (κ1) is 24.7. The second-order valence-electron chi connectivity index (χ2n) is 7.98. The maximum Gasteiger partial charge on any atom is 0.268 e. The Hall–Kier alpha value is -3.91. The number of benzene rings is 2. The van der Waals surface area contributed by atoms with Crippen LogP contribution in [0.5, 0.6) is 5.75 Å². The lowest BCUT2D eigenvalue weighted by molar-refractivity contribution is -0.130.